The highest BCUT2D eigenvalue weighted by Gasteiger charge is 2.10. The van der Waals surface area contributed by atoms with Gasteiger partial charge in [0, 0.05) is 12.1 Å². The second-order valence-corrected chi connectivity index (χ2v) is 4.54. The Morgan fingerprint density at radius 3 is 2.67 bits per heavy atom. The Hall–Kier alpha value is -2.09. The molecule has 2 heteroatoms. The Kier molecular flexibility index (Phi) is 2.63. The van der Waals surface area contributed by atoms with E-state index >= 15 is 0 Å². The Bertz CT molecular complexity index is 695. The van der Waals surface area contributed by atoms with Crippen LogP contribution < -0.4 is 0 Å². The third-order valence-corrected chi connectivity index (χ3v) is 3.25. The van der Waals surface area contributed by atoms with Gasteiger partial charge in [0.1, 0.15) is 5.82 Å². The van der Waals surface area contributed by atoms with Gasteiger partial charge < -0.3 is 4.57 Å². The van der Waals surface area contributed by atoms with Gasteiger partial charge in [0.05, 0.1) is 11.0 Å². The Morgan fingerprint density at radius 2 is 1.89 bits per heavy atom. The highest BCUT2D eigenvalue weighted by molar-refractivity contribution is 5.80. The summed E-state index contributed by atoms with van der Waals surface area (Å²) in [4.78, 5) is 4.76. The summed E-state index contributed by atoms with van der Waals surface area (Å²) in [5, 5.41) is 0. The highest BCUT2D eigenvalue weighted by atomic mass is 15.1. The molecule has 0 spiro atoms. The number of imidazole rings is 1. The summed E-state index contributed by atoms with van der Waals surface area (Å²) >= 11 is 0. The molecule has 0 saturated carbocycles. The van der Waals surface area contributed by atoms with Gasteiger partial charge in [-0.3, -0.25) is 0 Å². The van der Waals surface area contributed by atoms with Crippen LogP contribution in [0, 0.1) is 6.92 Å². The first-order valence-electron chi connectivity index (χ1n) is 6.32. The van der Waals surface area contributed by atoms with Crippen molar-refractivity contribution in [3.8, 4) is 11.4 Å². The van der Waals surface area contributed by atoms with Gasteiger partial charge in [-0.15, -0.1) is 0 Å². The number of aryl methyl sites for hydroxylation is 2. The van der Waals surface area contributed by atoms with E-state index in [1.165, 1.54) is 16.6 Å². The molecule has 0 amide bonds. The van der Waals surface area contributed by atoms with Crippen molar-refractivity contribution in [2.75, 3.05) is 0 Å². The first-order chi connectivity index (χ1) is 8.79. The molecule has 0 saturated heterocycles. The van der Waals surface area contributed by atoms with Gasteiger partial charge in [0.25, 0.3) is 0 Å². The maximum absolute atomic E-state index is 4.76. The molecule has 0 aliphatic rings. The average Bonchev–Trinajstić information content (AvgIpc) is 2.77. The van der Waals surface area contributed by atoms with E-state index in [4.69, 9.17) is 4.98 Å². The van der Waals surface area contributed by atoms with Crippen LogP contribution in [0.4, 0.5) is 0 Å². The van der Waals surface area contributed by atoms with Crippen molar-refractivity contribution in [2.24, 2.45) is 0 Å². The van der Waals surface area contributed by atoms with Crippen LogP contribution in [0.15, 0.2) is 48.5 Å². The molecule has 3 aromatic rings. The quantitative estimate of drug-likeness (QED) is 0.656. The van der Waals surface area contributed by atoms with Crippen molar-refractivity contribution in [2.45, 2.75) is 20.4 Å². The Labute approximate surface area is 107 Å². The summed E-state index contributed by atoms with van der Waals surface area (Å²) in [6, 6.07) is 16.8. The van der Waals surface area contributed by atoms with Crippen molar-refractivity contribution in [1.29, 1.82) is 0 Å². The highest BCUT2D eigenvalue weighted by Crippen LogP contribution is 2.25. The summed E-state index contributed by atoms with van der Waals surface area (Å²) < 4.78 is 2.27. The van der Waals surface area contributed by atoms with Gasteiger partial charge in [-0.05, 0) is 32.0 Å². The lowest BCUT2D eigenvalue weighted by atomic mass is 10.1. The molecule has 0 N–H and O–H groups in total. The minimum Gasteiger partial charge on any atom is -0.324 e. The molecular formula is C16H16N2. The molecule has 2 nitrogen and oxygen atoms in total. The van der Waals surface area contributed by atoms with Crippen LogP contribution in [0.1, 0.15) is 12.5 Å². The van der Waals surface area contributed by atoms with Gasteiger partial charge >= 0.3 is 0 Å². The monoisotopic (exact) mass is 236 g/mol. The van der Waals surface area contributed by atoms with E-state index in [9.17, 15) is 0 Å². The first kappa shape index (κ1) is 11.0. The third-order valence-electron chi connectivity index (χ3n) is 3.25. The number of nitrogens with zero attached hydrogens (tertiary/aromatic N) is 2. The lowest BCUT2D eigenvalue weighted by Gasteiger charge is -2.06. The van der Waals surface area contributed by atoms with E-state index in [2.05, 4.69) is 60.9 Å². The van der Waals surface area contributed by atoms with Crippen LogP contribution in [-0.4, -0.2) is 9.55 Å². The van der Waals surface area contributed by atoms with Gasteiger partial charge in [-0.1, -0.05) is 35.9 Å². The number of para-hydroxylation sites is 2. The maximum Gasteiger partial charge on any atom is 0.141 e. The van der Waals surface area contributed by atoms with Gasteiger partial charge in [-0.2, -0.15) is 0 Å². The van der Waals surface area contributed by atoms with E-state index in [0.717, 1.165) is 17.9 Å². The number of hydrogen-bond acceptors (Lipinski definition) is 1. The molecule has 0 radical (unpaired) electrons. The molecule has 90 valence electrons. The fourth-order valence-electron chi connectivity index (χ4n) is 2.40. The zero-order valence-electron chi connectivity index (χ0n) is 10.7. The van der Waals surface area contributed by atoms with E-state index in [-0.39, 0.29) is 0 Å². The largest absolute Gasteiger partial charge is 0.324 e. The van der Waals surface area contributed by atoms with Crippen molar-refractivity contribution < 1.29 is 0 Å². The molecular weight excluding hydrogens is 220 g/mol. The summed E-state index contributed by atoms with van der Waals surface area (Å²) in [5.74, 6) is 1.06. The van der Waals surface area contributed by atoms with Gasteiger partial charge in [0.15, 0.2) is 0 Å². The van der Waals surface area contributed by atoms with E-state index in [1.54, 1.807) is 0 Å². The summed E-state index contributed by atoms with van der Waals surface area (Å²) in [6.07, 6.45) is 0. The molecule has 1 heterocycles. The Morgan fingerprint density at radius 1 is 1.06 bits per heavy atom. The van der Waals surface area contributed by atoms with Crippen molar-refractivity contribution in [3.63, 3.8) is 0 Å². The molecule has 1 aromatic heterocycles. The zero-order chi connectivity index (χ0) is 12.5. The standard InChI is InChI=1S/C16H16N2/c1-3-18-15-10-5-4-9-14(15)17-16(18)13-8-6-7-12(2)11-13/h4-11H,3H2,1-2H3. The molecule has 0 aliphatic carbocycles. The lowest BCUT2D eigenvalue weighted by Crippen LogP contribution is -1.97. The lowest BCUT2D eigenvalue weighted by molar-refractivity contribution is 0.796. The van der Waals surface area contributed by atoms with Crippen molar-refractivity contribution in [3.05, 3.63) is 54.1 Å². The topological polar surface area (TPSA) is 17.8 Å². The molecule has 0 unspecified atom stereocenters. The second-order valence-electron chi connectivity index (χ2n) is 4.54. The molecule has 0 atom stereocenters. The van der Waals surface area contributed by atoms with Gasteiger partial charge in [0.2, 0.25) is 0 Å². The Balaban J connectivity index is 2.28. The van der Waals surface area contributed by atoms with Crippen molar-refractivity contribution in [1.82, 2.24) is 9.55 Å². The van der Waals surface area contributed by atoms with E-state index < -0.39 is 0 Å². The number of benzene rings is 2. The van der Waals surface area contributed by atoms with Crippen LogP contribution in [0.25, 0.3) is 22.4 Å². The normalized spacial score (nSPS) is 11.0. The minimum absolute atomic E-state index is 0.934. The summed E-state index contributed by atoms with van der Waals surface area (Å²) in [7, 11) is 0. The molecule has 2 aromatic carbocycles. The number of rotatable bonds is 2. The van der Waals surface area contributed by atoms with Gasteiger partial charge in [-0.25, -0.2) is 4.98 Å². The maximum atomic E-state index is 4.76. The fraction of sp³-hybridized carbons (Fsp3) is 0.188. The van der Waals surface area contributed by atoms with Crippen LogP contribution in [0.5, 0.6) is 0 Å². The third kappa shape index (κ3) is 1.70. The zero-order valence-corrected chi connectivity index (χ0v) is 10.7. The van der Waals surface area contributed by atoms with Crippen LogP contribution in [-0.2, 0) is 6.54 Å². The van der Waals surface area contributed by atoms with E-state index in [1.807, 2.05) is 6.07 Å². The summed E-state index contributed by atoms with van der Waals surface area (Å²) in [6.45, 7) is 5.21. The molecule has 3 rings (SSSR count). The SMILES string of the molecule is CCn1c(-c2cccc(C)c2)nc2ccccc21. The predicted octanol–water partition coefficient (Wildman–Crippen LogP) is 4.03. The van der Waals surface area contributed by atoms with E-state index in [0.29, 0.717) is 0 Å². The van der Waals surface area contributed by atoms with Crippen LogP contribution in [0.2, 0.25) is 0 Å². The minimum atomic E-state index is 0.934. The predicted molar refractivity (Wildman–Crippen MR) is 75.6 cm³/mol. The van der Waals surface area contributed by atoms with Crippen molar-refractivity contribution >= 4 is 11.0 Å². The molecule has 0 bridgehead atoms. The first-order valence-corrected chi connectivity index (χ1v) is 6.32. The molecule has 0 aliphatic heterocycles. The smallest absolute Gasteiger partial charge is 0.141 e. The second kappa shape index (κ2) is 4.30. The fourth-order valence-corrected chi connectivity index (χ4v) is 2.40. The summed E-state index contributed by atoms with van der Waals surface area (Å²) in [5.41, 5.74) is 4.72. The number of fused-ring (bicyclic) bond motifs is 1. The van der Waals surface area contributed by atoms with Crippen LogP contribution in [0.3, 0.4) is 0 Å². The number of hydrogen-bond donors (Lipinski definition) is 0. The number of aromatic nitrogens is 2. The molecule has 18 heavy (non-hydrogen) atoms. The average molecular weight is 236 g/mol. The van der Waals surface area contributed by atoms with Crippen LogP contribution >= 0.6 is 0 Å². The molecule has 0 fully saturated rings.